The van der Waals surface area contributed by atoms with Gasteiger partial charge in [-0.15, -0.1) is 0 Å². The number of likely N-dealkylation sites (tertiary alicyclic amines) is 1. The van der Waals surface area contributed by atoms with Crippen LogP contribution in [0.4, 0.5) is 0 Å². The zero-order valence-electron chi connectivity index (χ0n) is 11.2. The van der Waals surface area contributed by atoms with Crippen LogP contribution in [0, 0.1) is 0 Å². The minimum Gasteiger partial charge on any atom is -0.480 e. The molecule has 0 aliphatic carbocycles. The van der Waals surface area contributed by atoms with E-state index in [1.165, 1.54) is 0 Å². The molecule has 0 saturated carbocycles. The summed E-state index contributed by atoms with van der Waals surface area (Å²) < 4.78 is 5.77. The maximum Gasteiger partial charge on any atom is 0.264 e. The number of hydrogen-bond acceptors (Lipinski definition) is 3. The van der Waals surface area contributed by atoms with Gasteiger partial charge in [-0.3, -0.25) is 4.79 Å². The van der Waals surface area contributed by atoms with Gasteiger partial charge in [-0.25, -0.2) is 0 Å². The maximum atomic E-state index is 12.7. The van der Waals surface area contributed by atoms with Crippen LogP contribution in [0.2, 0.25) is 0 Å². The van der Waals surface area contributed by atoms with E-state index in [9.17, 15) is 4.79 Å². The van der Waals surface area contributed by atoms with E-state index in [4.69, 9.17) is 22.7 Å². The number of nitrogens with zero attached hydrogens (tertiary/aromatic N) is 1. The van der Waals surface area contributed by atoms with Crippen LogP contribution >= 0.6 is 12.2 Å². The highest BCUT2D eigenvalue weighted by atomic mass is 32.1. The summed E-state index contributed by atoms with van der Waals surface area (Å²) >= 11 is 5.10. The number of hydrogen-bond donors (Lipinski definition) is 1. The van der Waals surface area contributed by atoms with Gasteiger partial charge >= 0.3 is 0 Å². The van der Waals surface area contributed by atoms with E-state index in [0.717, 1.165) is 37.1 Å². The number of thiocarbonyl (C=S) groups is 1. The summed E-state index contributed by atoms with van der Waals surface area (Å²) in [7, 11) is 0. The molecule has 1 aromatic rings. The van der Waals surface area contributed by atoms with Crippen molar-refractivity contribution in [3.05, 3.63) is 29.8 Å². The molecule has 0 bridgehead atoms. The van der Waals surface area contributed by atoms with Crippen molar-refractivity contribution in [1.82, 2.24) is 4.90 Å². The Bertz CT molecular complexity index is 521. The van der Waals surface area contributed by atoms with Gasteiger partial charge in [0.15, 0.2) is 6.10 Å². The van der Waals surface area contributed by atoms with Gasteiger partial charge in [-0.05, 0) is 30.9 Å². The maximum absolute atomic E-state index is 12.7. The summed E-state index contributed by atoms with van der Waals surface area (Å²) in [4.78, 5) is 14.9. The van der Waals surface area contributed by atoms with Crippen LogP contribution in [0.1, 0.15) is 24.8 Å². The fourth-order valence-corrected chi connectivity index (χ4v) is 3.24. The van der Waals surface area contributed by atoms with Gasteiger partial charge in [0.25, 0.3) is 5.91 Å². The third-order valence-electron chi connectivity index (χ3n) is 4.04. The molecule has 1 fully saturated rings. The second-order valence-corrected chi connectivity index (χ2v) is 5.84. The molecule has 2 atom stereocenters. The minimum absolute atomic E-state index is 0.0127. The van der Waals surface area contributed by atoms with Crippen LogP contribution in [0.5, 0.6) is 5.75 Å². The number of piperidine rings is 1. The molecule has 2 unspecified atom stereocenters. The smallest absolute Gasteiger partial charge is 0.264 e. The summed E-state index contributed by atoms with van der Waals surface area (Å²) in [5.74, 6) is 0.827. The first-order valence-electron chi connectivity index (χ1n) is 7.01. The van der Waals surface area contributed by atoms with Gasteiger partial charge < -0.3 is 15.4 Å². The van der Waals surface area contributed by atoms with Crippen LogP contribution in [-0.2, 0) is 11.2 Å². The normalized spacial score (nSPS) is 24.9. The molecule has 1 amide bonds. The van der Waals surface area contributed by atoms with Gasteiger partial charge in [-0.1, -0.05) is 30.4 Å². The van der Waals surface area contributed by atoms with E-state index in [2.05, 4.69) is 0 Å². The molecule has 2 aliphatic rings. The van der Waals surface area contributed by atoms with E-state index in [1.54, 1.807) is 0 Å². The highest BCUT2D eigenvalue weighted by Crippen LogP contribution is 2.30. The Hall–Kier alpha value is -1.62. The predicted molar refractivity (Wildman–Crippen MR) is 80.7 cm³/mol. The molecule has 1 aromatic carbocycles. The van der Waals surface area contributed by atoms with Crippen molar-refractivity contribution in [2.75, 3.05) is 6.54 Å². The molecular weight excluding hydrogens is 272 g/mol. The van der Waals surface area contributed by atoms with E-state index in [1.807, 2.05) is 29.2 Å². The summed E-state index contributed by atoms with van der Waals surface area (Å²) in [6, 6.07) is 7.69. The Morgan fingerprint density at radius 1 is 1.35 bits per heavy atom. The van der Waals surface area contributed by atoms with E-state index >= 15 is 0 Å². The molecule has 20 heavy (non-hydrogen) atoms. The lowest BCUT2D eigenvalue weighted by Crippen LogP contribution is -2.53. The standard InChI is InChI=1S/C15H18N2O2S/c16-14(20)11-6-3-4-8-17(11)15(18)13-9-10-5-1-2-7-12(10)19-13/h1-2,5,7,11,13H,3-4,6,8-9H2,(H2,16,20). The average Bonchev–Trinajstić information content (AvgIpc) is 2.90. The van der Waals surface area contributed by atoms with Gasteiger partial charge in [0.05, 0.1) is 11.0 Å². The van der Waals surface area contributed by atoms with Crippen molar-refractivity contribution in [1.29, 1.82) is 0 Å². The van der Waals surface area contributed by atoms with E-state index in [0.29, 0.717) is 11.4 Å². The molecule has 2 N–H and O–H groups in total. The van der Waals surface area contributed by atoms with Crippen LogP contribution < -0.4 is 10.5 Å². The zero-order valence-corrected chi connectivity index (χ0v) is 12.1. The van der Waals surface area contributed by atoms with Gasteiger partial charge in [0.2, 0.25) is 0 Å². The lowest BCUT2D eigenvalue weighted by atomic mass is 10.0. The number of carbonyl (C=O) groups excluding carboxylic acids is 1. The van der Waals surface area contributed by atoms with Gasteiger partial charge in [0.1, 0.15) is 5.75 Å². The molecule has 3 rings (SSSR count). The molecule has 0 aromatic heterocycles. The Balaban J connectivity index is 1.75. The monoisotopic (exact) mass is 290 g/mol. The molecular formula is C15H18N2O2S. The number of carbonyl (C=O) groups is 1. The lowest BCUT2D eigenvalue weighted by Gasteiger charge is -2.36. The van der Waals surface area contributed by atoms with Crippen molar-refractivity contribution in [3.63, 3.8) is 0 Å². The van der Waals surface area contributed by atoms with Crippen molar-refractivity contribution in [2.24, 2.45) is 5.73 Å². The van der Waals surface area contributed by atoms with E-state index < -0.39 is 6.10 Å². The number of amides is 1. The quantitative estimate of drug-likeness (QED) is 0.842. The SMILES string of the molecule is NC(=S)C1CCCCN1C(=O)C1Cc2ccccc2O1. The molecule has 0 spiro atoms. The fourth-order valence-electron chi connectivity index (χ4n) is 3.00. The molecule has 5 heteroatoms. The second-order valence-electron chi connectivity index (χ2n) is 5.36. The number of rotatable bonds is 2. The Labute approximate surface area is 123 Å². The van der Waals surface area contributed by atoms with Gasteiger partial charge in [-0.2, -0.15) is 0 Å². The first-order valence-corrected chi connectivity index (χ1v) is 7.42. The Kier molecular flexibility index (Phi) is 3.61. The number of para-hydroxylation sites is 1. The van der Waals surface area contributed by atoms with Crippen molar-refractivity contribution in [2.45, 2.75) is 37.8 Å². The third-order valence-corrected chi connectivity index (χ3v) is 4.31. The molecule has 2 heterocycles. The first-order chi connectivity index (χ1) is 9.66. The van der Waals surface area contributed by atoms with Crippen molar-refractivity contribution >= 4 is 23.1 Å². The third kappa shape index (κ3) is 2.38. The number of benzene rings is 1. The topological polar surface area (TPSA) is 55.6 Å². The van der Waals surface area contributed by atoms with E-state index in [-0.39, 0.29) is 11.9 Å². The van der Waals surface area contributed by atoms with Crippen molar-refractivity contribution < 1.29 is 9.53 Å². The number of ether oxygens (including phenoxy) is 1. The molecule has 4 nitrogen and oxygen atoms in total. The van der Waals surface area contributed by atoms with Crippen LogP contribution in [-0.4, -0.2) is 34.5 Å². The molecule has 1 saturated heterocycles. The predicted octanol–water partition coefficient (Wildman–Crippen LogP) is 1.66. The summed E-state index contributed by atoms with van der Waals surface area (Å²) in [5.41, 5.74) is 6.87. The second kappa shape index (κ2) is 5.40. The van der Waals surface area contributed by atoms with Gasteiger partial charge in [0, 0.05) is 13.0 Å². The highest BCUT2D eigenvalue weighted by molar-refractivity contribution is 7.80. The molecule has 2 aliphatic heterocycles. The fraction of sp³-hybridized carbons (Fsp3) is 0.467. The Morgan fingerprint density at radius 3 is 2.90 bits per heavy atom. The number of fused-ring (bicyclic) bond motifs is 1. The largest absolute Gasteiger partial charge is 0.480 e. The first kappa shape index (κ1) is 13.4. The average molecular weight is 290 g/mol. The molecule has 0 radical (unpaired) electrons. The minimum atomic E-state index is -0.428. The van der Waals surface area contributed by atoms with Crippen LogP contribution in [0.15, 0.2) is 24.3 Å². The summed E-state index contributed by atoms with van der Waals surface area (Å²) in [6.45, 7) is 0.719. The summed E-state index contributed by atoms with van der Waals surface area (Å²) in [6.07, 6.45) is 3.14. The van der Waals surface area contributed by atoms with Crippen molar-refractivity contribution in [3.8, 4) is 5.75 Å². The Morgan fingerprint density at radius 2 is 2.15 bits per heavy atom. The lowest BCUT2D eigenvalue weighted by molar-refractivity contribution is -0.140. The van der Waals surface area contributed by atoms with Crippen LogP contribution in [0.3, 0.4) is 0 Å². The van der Waals surface area contributed by atoms with Crippen LogP contribution in [0.25, 0.3) is 0 Å². The number of nitrogens with two attached hydrogens (primary N) is 1. The highest BCUT2D eigenvalue weighted by Gasteiger charge is 2.37. The molecule has 106 valence electrons. The zero-order chi connectivity index (χ0) is 14.1. The summed E-state index contributed by atoms with van der Waals surface area (Å²) in [5, 5.41) is 0.